The highest BCUT2D eigenvalue weighted by Gasteiger charge is 2.08. The molecule has 0 aliphatic rings. The quantitative estimate of drug-likeness (QED) is 0.392. The van der Waals surface area contributed by atoms with Crippen LogP contribution in [-0.2, 0) is 0 Å². The second-order valence-corrected chi connectivity index (χ2v) is 3.89. The van der Waals surface area contributed by atoms with Gasteiger partial charge in [-0.3, -0.25) is 20.2 Å². The van der Waals surface area contributed by atoms with Gasteiger partial charge in [-0.2, -0.15) is 5.10 Å². The van der Waals surface area contributed by atoms with Crippen molar-refractivity contribution in [1.29, 1.82) is 0 Å². The van der Waals surface area contributed by atoms with Crippen molar-refractivity contribution in [2.75, 3.05) is 5.43 Å². The molecule has 0 aliphatic heterocycles. The van der Waals surface area contributed by atoms with Crippen molar-refractivity contribution < 1.29 is 15.0 Å². The Labute approximate surface area is 116 Å². The lowest BCUT2D eigenvalue weighted by Crippen LogP contribution is -2.25. The number of carbonyl (C=O) groups is 1. The van der Waals surface area contributed by atoms with E-state index in [0.29, 0.717) is 0 Å². The molecule has 2 aromatic rings. The molecule has 0 spiro atoms. The molecule has 0 bridgehead atoms. The Morgan fingerprint density at radius 1 is 1.24 bits per heavy atom. The first-order valence-electron chi connectivity index (χ1n) is 5.66. The van der Waals surface area contributed by atoms with E-state index in [2.05, 4.69) is 10.5 Å². The number of hydrazone groups is 1. The fourth-order valence-corrected chi connectivity index (χ4v) is 1.54. The average molecular weight is 290 g/mol. The first kappa shape index (κ1) is 14.1. The zero-order valence-corrected chi connectivity index (χ0v) is 10.5. The van der Waals surface area contributed by atoms with Crippen LogP contribution < -0.4 is 16.7 Å². The summed E-state index contributed by atoms with van der Waals surface area (Å²) in [6, 6.07) is 6.02. The van der Waals surface area contributed by atoms with Gasteiger partial charge < -0.3 is 10.2 Å². The number of aromatic hydroxyl groups is 1. The molecule has 2 rings (SSSR count). The summed E-state index contributed by atoms with van der Waals surface area (Å²) in [6.07, 6.45) is 0.961. The van der Waals surface area contributed by atoms with Crippen molar-refractivity contribution in [2.24, 2.45) is 5.10 Å². The molecule has 0 atom stereocenters. The number of H-pyrrole nitrogens is 2. The third-order valence-electron chi connectivity index (χ3n) is 2.49. The molecule has 1 aromatic carbocycles. The summed E-state index contributed by atoms with van der Waals surface area (Å²) < 4.78 is 0. The molecule has 0 amide bonds. The normalized spacial score (nSPS) is 10.7. The molecule has 5 N–H and O–H groups in total. The van der Waals surface area contributed by atoms with Crippen LogP contribution in [0.5, 0.6) is 5.88 Å². The van der Waals surface area contributed by atoms with Gasteiger partial charge in [-0.1, -0.05) is 12.1 Å². The number of hydrogen-bond donors (Lipinski definition) is 5. The van der Waals surface area contributed by atoms with Crippen molar-refractivity contribution in [3.05, 3.63) is 56.2 Å². The van der Waals surface area contributed by atoms with E-state index in [4.69, 9.17) is 5.11 Å². The predicted molar refractivity (Wildman–Crippen MR) is 74.0 cm³/mol. The fraction of sp³-hybridized carbons (Fsp3) is 0. The molecule has 9 nitrogen and oxygen atoms in total. The third kappa shape index (κ3) is 3.15. The maximum Gasteiger partial charge on any atom is 0.337 e. The van der Waals surface area contributed by atoms with Crippen molar-refractivity contribution >= 4 is 17.9 Å². The van der Waals surface area contributed by atoms with E-state index in [-0.39, 0.29) is 16.8 Å². The molecular weight excluding hydrogens is 280 g/mol. The Morgan fingerprint density at radius 2 is 1.95 bits per heavy atom. The van der Waals surface area contributed by atoms with Crippen molar-refractivity contribution in [1.82, 2.24) is 9.97 Å². The monoisotopic (exact) mass is 290 g/mol. The van der Waals surface area contributed by atoms with Gasteiger partial charge in [0.1, 0.15) is 5.56 Å². The maximum absolute atomic E-state index is 11.4. The van der Waals surface area contributed by atoms with Gasteiger partial charge in [0.2, 0.25) is 5.88 Å². The number of rotatable bonds is 4. The number of benzene rings is 1. The Morgan fingerprint density at radius 3 is 2.62 bits per heavy atom. The minimum Gasteiger partial charge on any atom is -0.494 e. The molecule has 0 radical (unpaired) electrons. The molecule has 1 heterocycles. The van der Waals surface area contributed by atoms with Crippen LogP contribution in [0.25, 0.3) is 0 Å². The van der Waals surface area contributed by atoms with Crippen LogP contribution in [0.2, 0.25) is 0 Å². The lowest BCUT2D eigenvalue weighted by molar-refractivity contribution is 0.0698. The minimum absolute atomic E-state index is 0.00532. The molecule has 0 aliphatic carbocycles. The molecule has 21 heavy (non-hydrogen) atoms. The third-order valence-corrected chi connectivity index (χ3v) is 2.49. The number of para-hydroxylation sites is 1. The molecule has 108 valence electrons. The van der Waals surface area contributed by atoms with Crippen LogP contribution in [0.1, 0.15) is 15.9 Å². The molecule has 0 saturated heterocycles. The Kier molecular flexibility index (Phi) is 3.84. The minimum atomic E-state index is -1.14. The summed E-state index contributed by atoms with van der Waals surface area (Å²) in [4.78, 5) is 37.2. The highest BCUT2D eigenvalue weighted by molar-refractivity contribution is 5.94. The second-order valence-electron chi connectivity index (χ2n) is 3.89. The fourth-order valence-electron chi connectivity index (χ4n) is 1.54. The van der Waals surface area contributed by atoms with Crippen LogP contribution in [0.15, 0.2) is 39.0 Å². The van der Waals surface area contributed by atoms with E-state index in [1.165, 1.54) is 12.1 Å². The number of carboxylic acids is 1. The number of aromatic amines is 2. The lowest BCUT2D eigenvalue weighted by atomic mass is 10.2. The number of nitrogens with one attached hydrogen (secondary N) is 3. The van der Waals surface area contributed by atoms with E-state index in [0.717, 1.165) is 6.21 Å². The number of hydrogen-bond acceptors (Lipinski definition) is 6. The molecule has 0 unspecified atom stereocenters. The highest BCUT2D eigenvalue weighted by atomic mass is 16.4. The van der Waals surface area contributed by atoms with E-state index in [1.807, 2.05) is 9.97 Å². The average Bonchev–Trinajstić information content (AvgIpc) is 2.42. The molecule has 1 aromatic heterocycles. The largest absolute Gasteiger partial charge is 0.494 e. The molecule has 0 saturated carbocycles. The van der Waals surface area contributed by atoms with E-state index < -0.39 is 23.1 Å². The molecule has 0 fully saturated rings. The van der Waals surface area contributed by atoms with Crippen LogP contribution in [-0.4, -0.2) is 32.4 Å². The van der Waals surface area contributed by atoms with Gasteiger partial charge in [0.25, 0.3) is 5.56 Å². The number of aromatic nitrogens is 2. The Bertz CT molecular complexity index is 821. The predicted octanol–water partition coefficient (Wildman–Crippen LogP) is -0.0870. The van der Waals surface area contributed by atoms with Gasteiger partial charge in [-0.05, 0) is 12.1 Å². The van der Waals surface area contributed by atoms with Crippen LogP contribution >= 0.6 is 0 Å². The number of anilines is 1. The maximum atomic E-state index is 11.4. The SMILES string of the molecule is O=C(O)c1ccccc1N/N=C\c1c(O)[nH]c(=O)[nH]c1=O. The molecule has 9 heteroatoms. The summed E-state index contributed by atoms with van der Waals surface area (Å²) in [6.45, 7) is 0. The second kappa shape index (κ2) is 5.74. The van der Waals surface area contributed by atoms with Crippen molar-refractivity contribution in [2.45, 2.75) is 0 Å². The lowest BCUT2D eigenvalue weighted by Gasteiger charge is -2.04. The number of aromatic carboxylic acids is 1. The Balaban J connectivity index is 2.27. The van der Waals surface area contributed by atoms with Gasteiger partial charge in [0.15, 0.2) is 0 Å². The van der Waals surface area contributed by atoms with Crippen molar-refractivity contribution in [3.63, 3.8) is 0 Å². The standard InChI is InChI=1S/C12H10N4O5/c17-9-7(10(18)15-12(21)14-9)5-13-16-8-4-2-1-3-6(8)11(19)20/h1-5,16H,(H,19,20)(H3,14,15,17,18,21)/b13-5-. The smallest absolute Gasteiger partial charge is 0.337 e. The summed E-state index contributed by atoms with van der Waals surface area (Å²) in [7, 11) is 0. The number of nitrogens with zero attached hydrogens (tertiary/aromatic N) is 1. The summed E-state index contributed by atoms with van der Waals surface area (Å²) in [5, 5.41) is 22.1. The summed E-state index contributed by atoms with van der Waals surface area (Å²) in [5.74, 6) is -1.78. The van der Waals surface area contributed by atoms with E-state index in [9.17, 15) is 19.5 Å². The Hall–Kier alpha value is -3.36. The van der Waals surface area contributed by atoms with E-state index >= 15 is 0 Å². The summed E-state index contributed by atoms with van der Waals surface area (Å²) >= 11 is 0. The van der Waals surface area contributed by atoms with E-state index in [1.54, 1.807) is 12.1 Å². The van der Waals surface area contributed by atoms with Gasteiger partial charge in [-0.25, -0.2) is 9.59 Å². The molecular formula is C12H10N4O5. The van der Waals surface area contributed by atoms with Gasteiger partial charge >= 0.3 is 11.7 Å². The zero-order valence-electron chi connectivity index (χ0n) is 10.5. The van der Waals surface area contributed by atoms with Gasteiger partial charge in [0.05, 0.1) is 17.5 Å². The zero-order chi connectivity index (χ0) is 15.4. The number of carboxylic acid groups (broad SMARTS) is 1. The topological polar surface area (TPSA) is 148 Å². The van der Waals surface area contributed by atoms with Gasteiger partial charge in [-0.15, -0.1) is 0 Å². The van der Waals surface area contributed by atoms with Crippen LogP contribution in [0.3, 0.4) is 0 Å². The first-order valence-corrected chi connectivity index (χ1v) is 5.66. The first-order chi connectivity index (χ1) is 9.99. The van der Waals surface area contributed by atoms with Crippen LogP contribution in [0.4, 0.5) is 5.69 Å². The van der Waals surface area contributed by atoms with Crippen LogP contribution in [0, 0.1) is 0 Å². The van der Waals surface area contributed by atoms with Gasteiger partial charge in [0, 0.05) is 0 Å². The highest BCUT2D eigenvalue weighted by Crippen LogP contribution is 2.14. The summed E-state index contributed by atoms with van der Waals surface area (Å²) in [5.41, 5.74) is 0.707. The van der Waals surface area contributed by atoms with Crippen molar-refractivity contribution in [3.8, 4) is 5.88 Å².